The van der Waals surface area contributed by atoms with Crippen molar-refractivity contribution >= 4 is 39.9 Å². The van der Waals surface area contributed by atoms with Crippen LogP contribution in [0.4, 0.5) is 5.69 Å². The SMILES string of the molecule is Cl.Nc1ccc(CCNC(=O)C2CC2c2cccc(Br)c2)cc1. The molecule has 2 unspecified atom stereocenters. The lowest BCUT2D eigenvalue weighted by atomic mass is 10.1. The van der Waals surface area contributed by atoms with E-state index in [2.05, 4.69) is 33.4 Å². The van der Waals surface area contributed by atoms with E-state index in [4.69, 9.17) is 5.73 Å². The van der Waals surface area contributed by atoms with Gasteiger partial charge in [0.05, 0.1) is 0 Å². The third-order valence-electron chi connectivity index (χ3n) is 4.10. The molecule has 122 valence electrons. The number of carbonyl (C=O) groups is 1. The largest absolute Gasteiger partial charge is 0.399 e. The molecule has 1 saturated carbocycles. The standard InChI is InChI=1S/C18H19BrN2O.ClH/c19-14-3-1-2-13(10-14)16-11-17(16)18(22)21-9-8-12-4-6-15(20)7-5-12;/h1-7,10,16-17H,8-9,11,20H2,(H,21,22);1H. The summed E-state index contributed by atoms with van der Waals surface area (Å²) in [6.07, 6.45) is 1.78. The van der Waals surface area contributed by atoms with Gasteiger partial charge in [0.2, 0.25) is 5.91 Å². The Kier molecular flexibility index (Phi) is 6.08. The fourth-order valence-corrected chi connectivity index (χ4v) is 3.15. The van der Waals surface area contributed by atoms with E-state index in [1.807, 2.05) is 36.4 Å². The lowest BCUT2D eigenvalue weighted by Gasteiger charge is -2.06. The van der Waals surface area contributed by atoms with Crippen LogP contribution < -0.4 is 11.1 Å². The molecule has 3 N–H and O–H groups in total. The zero-order valence-electron chi connectivity index (χ0n) is 12.7. The number of nitrogen functional groups attached to an aromatic ring is 1. The van der Waals surface area contributed by atoms with E-state index in [9.17, 15) is 4.79 Å². The van der Waals surface area contributed by atoms with Gasteiger partial charge in [0.1, 0.15) is 0 Å². The zero-order valence-corrected chi connectivity index (χ0v) is 15.1. The number of nitrogens with one attached hydrogen (secondary N) is 1. The van der Waals surface area contributed by atoms with Crippen molar-refractivity contribution < 1.29 is 4.79 Å². The number of hydrogen-bond donors (Lipinski definition) is 2. The van der Waals surface area contributed by atoms with Gasteiger partial charge in [-0.1, -0.05) is 40.2 Å². The minimum Gasteiger partial charge on any atom is -0.399 e. The maximum Gasteiger partial charge on any atom is 0.223 e. The Bertz CT molecular complexity index is 675. The van der Waals surface area contributed by atoms with Crippen LogP contribution in [-0.4, -0.2) is 12.5 Å². The summed E-state index contributed by atoms with van der Waals surface area (Å²) in [4.78, 5) is 12.2. The van der Waals surface area contributed by atoms with Crippen LogP contribution in [0.25, 0.3) is 0 Å². The summed E-state index contributed by atoms with van der Waals surface area (Å²) in [6.45, 7) is 0.671. The Balaban J connectivity index is 0.00000192. The average molecular weight is 396 g/mol. The molecule has 23 heavy (non-hydrogen) atoms. The molecule has 0 saturated heterocycles. The van der Waals surface area contributed by atoms with Crippen molar-refractivity contribution in [2.45, 2.75) is 18.8 Å². The number of benzene rings is 2. The predicted molar refractivity (Wildman–Crippen MR) is 99.8 cm³/mol. The first-order valence-corrected chi connectivity index (χ1v) is 8.30. The Morgan fingerprint density at radius 2 is 1.96 bits per heavy atom. The molecular weight excluding hydrogens is 376 g/mol. The molecule has 0 radical (unpaired) electrons. The van der Waals surface area contributed by atoms with Crippen molar-refractivity contribution in [1.29, 1.82) is 0 Å². The third kappa shape index (κ3) is 4.72. The summed E-state index contributed by atoms with van der Waals surface area (Å²) >= 11 is 3.48. The first-order chi connectivity index (χ1) is 10.6. The van der Waals surface area contributed by atoms with Gasteiger partial charge in [0, 0.05) is 22.6 Å². The van der Waals surface area contributed by atoms with Gasteiger partial charge in [0.25, 0.3) is 0 Å². The van der Waals surface area contributed by atoms with Gasteiger partial charge in [-0.05, 0) is 54.2 Å². The van der Waals surface area contributed by atoms with Crippen LogP contribution in [0.1, 0.15) is 23.5 Å². The van der Waals surface area contributed by atoms with E-state index >= 15 is 0 Å². The van der Waals surface area contributed by atoms with Crippen molar-refractivity contribution in [3.8, 4) is 0 Å². The van der Waals surface area contributed by atoms with Gasteiger partial charge < -0.3 is 11.1 Å². The normalized spacial score (nSPS) is 18.8. The Labute approximate surface area is 151 Å². The number of hydrogen-bond acceptors (Lipinski definition) is 2. The molecule has 1 aliphatic rings. The molecule has 2 atom stereocenters. The lowest BCUT2D eigenvalue weighted by molar-refractivity contribution is -0.122. The van der Waals surface area contributed by atoms with Crippen molar-refractivity contribution in [3.05, 3.63) is 64.1 Å². The molecule has 0 heterocycles. The summed E-state index contributed by atoms with van der Waals surface area (Å²) in [7, 11) is 0. The van der Waals surface area contributed by atoms with Crippen LogP contribution >= 0.6 is 28.3 Å². The molecular formula is C18H20BrClN2O. The van der Waals surface area contributed by atoms with Gasteiger partial charge >= 0.3 is 0 Å². The van der Waals surface area contributed by atoms with Crippen molar-refractivity contribution in [2.24, 2.45) is 5.92 Å². The van der Waals surface area contributed by atoms with Gasteiger partial charge in [-0.2, -0.15) is 0 Å². The number of anilines is 1. The molecule has 3 rings (SSSR count). The molecule has 1 amide bonds. The molecule has 0 bridgehead atoms. The highest BCUT2D eigenvalue weighted by atomic mass is 79.9. The molecule has 1 aliphatic carbocycles. The molecule has 0 spiro atoms. The zero-order chi connectivity index (χ0) is 15.5. The van der Waals surface area contributed by atoms with Gasteiger partial charge in [0.15, 0.2) is 0 Å². The number of amides is 1. The van der Waals surface area contributed by atoms with E-state index in [1.165, 1.54) is 11.1 Å². The van der Waals surface area contributed by atoms with Gasteiger partial charge in [-0.25, -0.2) is 0 Å². The van der Waals surface area contributed by atoms with Crippen LogP contribution in [0, 0.1) is 5.92 Å². The van der Waals surface area contributed by atoms with Gasteiger partial charge in [-0.15, -0.1) is 12.4 Å². The minimum atomic E-state index is 0. The molecule has 5 heteroatoms. The maximum absolute atomic E-state index is 12.2. The van der Waals surface area contributed by atoms with Crippen molar-refractivity contribution in [3.63, 3.8) is 0 Å². The van der Waals surface area contributed by atoms with Crippen LogP contribution in [-0.2, 0) is 11.2 Å². The topological polar surface area (TPSA) is 55.1 Å². The number of nitrogens with two attached hydrogens (primary N) is 1. The minimum absolute atomic E-state index is 0. The van der Waals surface area contributed by atoms with Crippen LogP contribution in [0.3, 0.4) is 0 Å². The fraction of sp³-hybridized carbons (Fsp3) is 0.278. The first kappa shape index (κ1) is 17.8. The average Bonchev–Trinajstić information content (AvgIpc) is 3.30. The quantitative estimate of drug-likeness (QED) is 0.754. The summed E-state index contributed by atoms with van der Waals surface area (Å²) in [5.74, 6) is 0.662. The predicted octanol–water partition coefficient (Wildman–Crippen LogP) is 3.92. The monoisotopic (exact) mass is 394 g/mol. The smallest absolute Gasteiger partial charge is 0.223 e. The first-order valence-electron chi connectivity index (χ1n) is 7.51. The molecule has 0 aliphatic heterocycles. The van der Waals surface area contributed by atoms with E-state index in [1.54, 1.807) is 0 Å². The lowest BCUT2D eigenvalue weighted by Crippen LogP contribution is -2.27. The molecule has 3 nitrogen and oxygen atoms in total. The molecule has 1 fully saturated rings. The van der Waals surface area contributed by atoms with E-state index in [0.29, 0.717) is 12.5 Å². The third-order valence-corrected chi connectivity index (χ3v) is 4.59. The maximum atomic E-state index is 12.2. The Morgan fingerprint density at radius 1 is 1.22 bits per heavy atom. The second kappa shape index (κ2) is 7.84. The summed E-state index contributed by atoms with van der Waals surface area (Å²) in [6, 6.07) is 16.0. The second-order valence-corrected chi connectivity index (χ2v) is 6.70. The number of rotatable bonds is 5. The van der Waals surface area contributed by atoms with Gasteiger partial charge in [-0.3, -0.25) is 4.79 Å². The number of halogens is 2. The van der Waals surface area contributed by atoms with Crippen LogP contribution in [0.2, 0.25) is 0 Å². The van der Waals surface area contributed by atoms with E-state index in [0.717, 1.165) is 23.0 Å². The van der Waals surface area contributed by atoms with Crippen LogP contribution in [0.15, 0.2) is 53.0 Å². The van der Waals surface area contributed by atoms with Crippen molar-refractivity contribution in [2.75, 3.05) is 12.3 Å². The highest BCUT2D eigenvalue weighted by Crippen LogP contribution is 2.47. The fourth-order valence-electron chi connectivity index (χ4n) is 2.74. The summed E-state index contributed by atoms with van der Waals surface area (Å²) in [5, 5.41) is 3.04. The second-order valence-electron chi connectivity index (χ2n) is 5.79. The van der Waals surface area contributed by atoms with Crippen LogP contribution in [0.5, 0.6) is 0 Å². The highest BCUT2D eigenvalue weighted by molar-refractivity contribution is 9.10. The summed E-state index contributed by atoms with van der Waals surface area (Å²) in [5.41, 5.74) is 8.86. The van der Waals surface area contributed by atoms with E-state index in [-0.39, 0.29) is 24.2 Å². The number of carbonyl (C=O) groups excluding carboxylic acids is 1. The molecule has 2 aromatic rings. The highest BCUT2D eigenvalue weighted by Gasteiger charge is 2.43. The molecule has 2 aromatic carbocycles. The molecule has 0 aromatic heterocycles. The van der Waals surface area contributed by atoms with E-state index < -0.39 is 0 Å². The Morgan fingerprint density at radius 3 is 2.65 bits per heavy atom. The van der Waals surface area contributed by atoms with Crippen molar-refractivity contribution in [1.82, 2.24) is 5.32 Å². The summed E-state index contributed by atoms with van der Waals surface area (Å²) < 4.78 is 1.07. The Hall–Kier alpha value is -1.52.